The molecule has 1 saturated heterocycles. The molecule has 142 valence electrons. The van der Waals surface area contributed by atoms with Crippen LogP contribution in [0.5, 0.6) is 0 Å². The van der Waals surface area contributed by atoms with Crippen molar-refractivity contribution >= 4 is 12.0 Å². The molecule has 4 aliphatic carbocycles. The summed E-state index contributed by atoms with van der Waals surface area (Å²) in [5.74, 6) is 0.449. The van der Waals surface area contributed by atoms with Crippen LogP contribution in [-0.2, 0) is 4.79 Å². The van der Waals surface area contributed by atoms with Gasteiger partial charge in [-0.2, -0.15) is 5.26 Å². The zero-order valence-corrected chi connectivity index (χ0v) is 15.0. The van der Waals surface area contributed by atoms with E-state index in [1.807, 2.05) is 0 Å². The molecule has 5 fully saturated rings. The van der Waals surface area contributed by atoms with Crippen LogP contribution in [0.25, 0.3) is 0 Å². The normalized spacial score (nSPS) is 42.2. The van der Waals surface area contributed by atoms with Crippen molar-refractivity contribution in [1.82, 2.24) is 10.2 Å². The maximum absolute atomic E-state index is 13.4. The topological polar surface area (TPSA) is 114 Å². The number of carbonyl (C=O) groups excluding carboxylic acids is 1. The van der Waals surface area contributed by atoms with Gasteiger partial charge < -0.3 is 20.4 Å². The summed E-state index contributed by atoms with van der Waals surface area (Å²) in [4.78, 5) is 26.5. The summed E-state index contributed by atoms with van der Waals surface area (Å²) in [5.41, 5.74) is -1.29. The average molecular weight is 361 g/mol. The monoisotopic (exact) mass is 361 g/mol. The van der Waals surface area contributed by atoms with Gasteiger partial charge in [-0.1, -0.05) is 0 Å². The molecular weight excluding hydrogens is 334 g/mol. The van der Waals surface area contributed by atoms with E-state index >= 15 is 0 Å². The summed E-state index contributed by atoms with van der Waals surface area (Å²) in [7, 11) is 0. The Morgan fingerprint density at radius 1 is 1.19 bits per heavy atom. The lowest BCUT2D eigenvalue weighted by Crippen LogP contribution is -2.66. The van der Waals surface area contributed by atoms with Crippen LogP contribution in [0.15, 0.2) is 0 Å². The van der Waals surface area contributed by atoms with Crippen molar-refractivity contribution in [2.45, 2.75) is 75.5 Å². The number of amides is 2. The first kappa shape index (κ1) is 17.6. The Balaban J connectivity index is 1.66. The molecule has 7 nitrogen and oxygen atoms in total. The Hall–Kier alpha value is -1.81. The van der Waals surface area contributed by atoms with Gasteiger partial charge >= 0.3 is 6.09 Å². The van der Waals surface area contributed by atoms with Gasteiger partial charge in [0.25, 0.3) is 0 Å². The molecule has 0 aromatic carbocycles. The zero-order valence-electron chi connectivity index (χ0n) is 15.0. The molecule has 0 aromatic rings. The lowest BCUT2D eigenvalue weighted by atomic mass is 9.46. The van der Waals surface area contributed by atoms with Crippen molar-refractivity contribution in [3.05, 3.63) is 0 Å². The molecule has 2 amide bonds. The number of likely N-dealkylation sites (tertiary alicyclic amines) is 1. The van der Waals surface area contributed by atoms with Crippen molar-refractivity contribution in [3.63, 3.8) is 0 Å². The standard InChI is InChI=1S/C19H27N3O4/c20-10-14-3-1-2-4-22(14)16(23)15(21-17(24)25)18-6-12-5-13(7-18)9-19(26,8-12)11-18/h12-15,21,26H,1-9,11H2,(H,24,25)/t12-,13+,14?,15-,18?,19?/m1/s1. The number of aliphatic hydroxyl groups is 1. The Labute approximate surface area is 153 Å². The highest BCUT2D eigenvalue weighted by Gasteiger charge is 2.61. The molecule has 5 aliphatic rings. The second kappa shape index (κ2) is 6.12. The summed E-state index contributed by atoms with van der Waals surface area (Å²) < 4.78 is 0. The average Bonchev–Trinajstić information content (AvgIpc) is 2.56. The van der Waals surface area contributed by atoms with Gasteiger partial charge in [0, 0.05) is 12.0 Å². The number of nitrogens with zero attached hydrogens (tertiary/aromatic N) is 2. The van der Waals surface area contributed by atoms with E-state index in [9.17, 15) is 25.1 Å². The molecule has 7 heteroatoms. The third-order valence-electron chi connectivity index (χ3n) is 7.14. The highest BCUT2D eigenvalue weighted by Crippen LogP contribution is 2.63. The largest absolute Gasteiger partial charge is 0.465 e. The molecule has 4 saturated carbocycles. The van der Waals surface area contributed by atoms with Gasteiger partial charge in [-0.05, 0) is 69.6 Å². The van der Waals surface area contributed by atoms with Gasteiger partial charge in [0.05, 0.1) is 11.7 Å². The minimum absolute atomic E-state index is 0.274. The molecule has 6 atom stereocenters. The predicted octanol–water partition coefficient (Wildman–Crippen LogP) is 1.86. The lowest BCUT2D eigenvalue weighted by molar-refractivity contribution is -0.180. The first-order valence-electron chi connectivity index (χ1n) is 9.76. The highest BCUT2D eigenvalue weighted by atomic mass is 16.4. The third kappa shape index (κ3) is 2.84. The van der Waals surface area contributed by atoms with Gasteiger partial charge in [0.2, 0.25) is 5.91 Å². The van der Waals surface area contributed by atoms with Crippen LogP contribution in [0, 0.1) is 28.6 Å². The van der Waals surface area contributed by atoms with E-state index in [1.165, 1.54) is 0 Å². The van der Waals surface area contributed by atoms with E-state index in [2.05, 4.69) is 11.4 Å². The van der Waals surface area contributed by atoms with E-state index in [0.29, 0.717) is 31.2 Å². The Kier molecular flexibility index (Phi) is 4.14. The van der Waals surface area contributed by atoms with Crippen LogP contribution in [0.1, 0.15) is 57.8 Å². The van der Waals surface area contributed by atoms with Crippen LogP contribution < -0.4 is 5.32 Å². The van der Waals surface area contributed by atoms with Crippen LogP contribution in [0.4, 0.5) is 4.79 Å². The third-order valence-corrected chi connectivity index (χ3v) is 7.14. The molecule has 4 bridgehead atoms. The van der Waals surface area contributed by atoms with Gasteiger partial charge in [-0.25, -0.2) is 4.79 Å². The van der Waals surface area contributed by atoms with E-state index in [4.69, 9.17) is 0 Å². The van der Waals surface area contributed by atoms with E-state index in [1.54, 1.807) is 4.90 Å². The first-order valence-corrected chi connectivity index (χ1v) is 9.76. The minimum atomic E-state index is -1.21. The summed E-state index contributed by atoms with van der Waals surface area (Å²) in [6.45, 7) is 0.502. The number of nitriles is 1. The van der Waals surface area contributed by atoms with E-state index < -0.39 is 29.2 Å². The number of hydrogen-bond acceptors (Lipinski definition) is 4. The maximum atomic E-state index is 13.4. The molecule has 3 unspecified atom stereocenters. The Morgan fingerprint density at radius 3 is 2.46 bits per heavy atom. The molecule has 1 heterocycles. The lowest BCUT2D eigenvalue weighted by Gasteiger charge is -2.62. The highest BCUT2D eigenvalue weighted by molar-refractivity contribution is 5.87. The van der Waals surface area contributed by atoms with Crippen LogP contribution in [-0.4, -0.2) is 51.3 Å². The number of carboxylic acid groups (broad SMARTS) is 1. The van der Waals surface area contributed by atoms with E-state index in [0.717, 1.165) is 44.9 Å². The van der Waals surface area contributed by atoms with Crippen LogP contribution >= 0.6 is 0 Å². The molecule has 3 N–H and O–H groups in total. The second-order valence-corrected chi connectivity index (χ2v) is 9.10. The number of piperidine rings is 1. The fraction of sp³-hybridized carbons (Fsp3) is 0.842. The SMILES string of the molecule is N#CC1CCCCN1C(=O)[C@@H](NC(=O)O)C12C[C@@H]3C[C@@H](CC(O)(C3)C1)C2. The molecule has 0 aromatic heterocycles. The summed E-state index contributed by atoms with van der Waals surface area (Å²) in [5, 5.41) is 32.3. The van der Waals surface area contributed by atoms with Gasteiger partial charge in [0.15, 0.2) is 0 Å². The maximum Gasteiger partial charge on any atom is 0.405 e. The molecule has 5 rings (SSSR count). The fourth-order valence-corrected chi connectivity index (χ4v) is 6.72. The van der Waals surface area contributed by atoms with Crippen LogP contribution in [0.2, 0.25) is 0 Å². The minimum Gasteiger partial charge on any atom is -0.465 e. The summed E-state index contributed by atoms with van der Waals surface area (Å²) >= 11 is 0. The molecule has 1 aliphatic heterocycles. The van der Waals surface area contributed by atoms with Crippen molar-refractivity contribution < 1.29 is 19.8 Å². The number of carbonyl (C=O) groups is 2. The fourth-order valence-electron chi connectivity index (χ4n) is 6.72. The predicted molar refractivity (Wildman–Crippen MR) is 92.0 cm³/mol. The number of hydrogen-bond donors (Lipinski definition) is 3. The molecule has 26 heavy (non-hydrogen) atoms. The van der Waals surface area contributed by atoms with Crippen molar-refractivity contribution in [2.24, 2.45) is 17.3 Å². The number of nitrogens with one attached hydrogen (secondary N) is 1. The first-order chi connectivity index (χ1) is 12.3. The molecular formula is C19H27N3O4. The summed E-state index contributed by atoms with van der Waals surface area (Å²) in [6.07, 6.45) is 5.84. The van der Waals surface area contributed by atoms with Gasteiger partial charge in [-0.3, -0.25) is 4.79 Å². The smallest absolute Gasteiger partial charge is 0.405 e. The Bertz CT molecular complexity index is 644. The van der Waals surface area contributed by atoms with E-state index in [-0.39, 0.29) is 5.91 Å². The van der Waals surface area contributed by atoms with Crippen LogP contribution in [0.3, 0.4) is 0 Å². The molecule has 0 spiro atoms. The zero-order chi connectivity index (χ0) is 18.5. The molecule has 0 radical (unpaired) electrons. The van der Waals surface area contributed by atoms with Gasteiger partial charge in [0.1, 0.15) is 12.1 Å². The van der Waals surface area contributed by atoms with Crippen molar-refractivity contribution in [3.8, 4) is 6.07 Å². The second-order valence-electron chi connectivity index (χ2n) is 9.10. The van der Waals surface area contributed by atoms with Gasteiger partial charge in [-0.15, -0.1) is 0 Å². The summed E-state index contributed by atoms with van der Waals surface area (Å²) in [6, 6.07) is 0.856. The quantitative estimate of drug-likeness (QED) is 0.710. The Morgan fingerprint density at radius 2 is 1.88 bits per heavy atom. The van der Waals surface area contributed by atoms with Crippen molar-refractivity contribution in [1.29, 1.82) is 5.26 Å². The van der Waals surface area contributed by atoms with Crippen molar-refractivity contribution in [2.75, 3.05) is 6.54 Å². The number of rotatable bonds is 3.